The Bertz CT molecular complexity index is 1330. The van der Waals surface area contributed by atoms with Crippen LogP contribution in [0.5, 0.6) is 5.75 Å². The summed E-state index contributed by atoms with van der Waals surface area (Å²) < 4.78 is 8.56. The van der Waals surface area contributed by atoms with Gasteiger partial charge in [0.05, 0.1) is 5.70 Å². The zero-order valence-electron chi connectivity index (χ0n) is 17.2. The van der Waals surface area contributed by atoms with Gasteiger partial charge in [0.2, 0.25) is 5.95 Å². The fourth-order valence-corrected chi connectivity index (χ4v) is 4.97. The minimum atomic E-state index is -0.277. The number of halogens is 1. The molecule has 0 spiro atoms. The second kappa shape index (κ2) is 7.73. The quantitative estimate of drug-likeness (QED) is 0.370. The van der Waals surface area contributed by atoms with Crippen molar-refractivity contribution in [2.24, 2.45) is 0 Å². The second-order valence-electron chi connectivity index (χ2n) is 7.70. The fourth-order valence-electron chi connectivity index (χ4n) is 4.44. The van der Waals surface area contributed by atoms with Crippen molar-refractivity contribution in [3.8, 4) is 5.75 Å². The highest BCUT2D eigenvalue weighted by Gasteiger charge is 2.40. The average Bonchev–Trinajstić information content (AvgIpc) is 3.31. The molecule has 158 valence electrons. The van der Waals surface area contributed by atoms with E-state index in [0.717, 1.165) is 33.7 Å². The van der Waals surface area contributed by atoms with Gasteiger partial charge in [0, 0.05) is 21.1 Å². The topological polar surface area (TPSA) is 52.0 Å². The highest BCUT2D eigenvalue weighted by Crippen LogP contribution is 2.50. The minimum absolute atomic E-state index is 0.181. The molecule has 1 N–H and O–H groups in total. The predicted molar refractivity (Wildman–Crippen MR) is 128 cm³/mol. The van der Waals surface area contributed by atoms with Crippen molar-refractivity contribution in [2.75, 3.05) is 11.6 Å². The number of thioether (sulfide) groups is 1. The molecule has 6 rings (SSSR count). The van der Waals surface area contributed by atoms with Crippen LogP contribution in [0.2, 0.25) is 5.02 Å². The molecular weight excluding hydrogens is 440 g/mol. The first-order valence-corrected chi connectivity index (χ1v) is 11.9. The number of para-hydroxylation sites is 1. The molecule has 0 saturated carbocycles. The molecule has 1 aromatic heterocycles. The average molecular weight is 459 g/mol. The Hall–Kier alpha value is -3.22. The summed E-state index contributed by atoms with van der Waals surface area (Å²) in [6, 6.07) is 24.4. The lowest BCUT2D eigenvalue weighted by molar-refractivity contribution is 0.223. The van der Waals surface area contributed by atoms with Crippen molar-refractivity contribution < 1.29 is 4.74 Å². The first-order valence-electron chi connectivity index (χ1n) is 10.3. The molecule has 3 heterocycles. The Morgan fingerprint density at radius 3 is 2.50 bits per heavy atom. The van der Waals surface area contributed by atoms with Crippen LogP contribution in [-0.2, 0) is 0 Å². The summed E-state index contributed by atoms with van der Waals surface area (Å²) in [4.78, 5) is 5.69. The van der Waals surface area contributed by atoms with E-state index in [0.29, 0.717) is 11.0 Å². The van der Waals surface area contributed by atoms with Gasteiger partial charge >= 0.3 is 0 Å². The van der Waals surface area contributed by atoms with Gasteiger partial charge in [-0.05, 0) is 53.8 Å². The molecule has 0 unspecified atom stereocenters. The van der Waals surface area contributed by atoms with Crippen LogP contribution in [0.1, 0.15) is 28.8 Å². The van der Waals surface area contributed by atoms with Crippen LogP contribution in [0.25, 0.3) is 5.70 Å². The summed E-state index contributed by atoms with van der Waals surface area (Å²) in [6.45, 7) is 0. The maximum atomic E-state index is 6.64. The Balaban J connectivity index is 1.60. The lowest BCUT2D eigenvalue weighted by Gasteiger charge is -2.39. The molecule has 5 nitrogen and oxygen atoms in total. The number of aromatic nitrogens is 3. The van der Waals surface area contributed by atoms with E-state index >= 15 is 0 Å². The SMILES string of the molecule is CSc1ccc([C@H]2Oc3ccccc3C3=C2[C@@H](c2ccc(Cl)cc2)n2ncnc2N3)cc1. The van der Waals surface area contributed by atoms with E-state index in [2.05, 4.69) is 52.0 Å². The first kappa shape index (κ1) is 19.5. The third-order valence-corrected chi connectivity index (χ3v) is 6.92. The third kappa shape index (κ3) is 3.10. The smallest absolute Gasteiger partial charge is 0.226 e. The molecular formula is C25H19ClN4OS. The first-order chi connectivity index (χ1) is 15.7. The predicted octanol–water partition coefficient (Wildman–Crippen LogP) is 6.21. The molecule has 2 atom stereocenters. The molecule has 2 aliphatic rings. The normalized spacial score (nSPS) is 18.8. The van der Waals surface area contributed by atoms with E-state index in [-0.39, 0.29) is 12.1 Å². The zero-order chi connectivity index (χ0) is 21.7. The summed E-state index contributed by atoms with van der Waals surface area (Å²) in [7, 11) is 0. The summed E-state index contributed by atoms with van der Waals surface area (Å²) in [6.07, 6.45) is 3.39. The number of fused-ring (bicyclic) bond motifs is 3. The Labute approximate surface area is 195 Å². The van der Waals surface area contributed by atoms with Gasteiger partial charge in [-0.15, -0.1) is 11.8 Å². The molecule has 4 aromatic rings. The molecule has 0 amide bonds. The number of rotatable bonds is 3. The van der Waals surface area contributed by atoms with Crippen LogP contribution >= 0.6 is 23.4 Å². The highest BCUT2D eigenvalue weighted by molar-refractivity contribution is 7.98. The Morgan fingerprint density at radius 2 is 1.72 bits per heavy atom. The van der Waals surface area contributed by atoms with Crippen LogP contribution in [0.15, 0.2) is 89.6 Å². The maximum absolute atomic E-state index is 6.64. The van der Waals surface area contributed by atoms with Gasteiger partial charge in [-0.3, -0.25) is 0 Å². The second-order valence-corrected chi connectivity index (χ2v) is 9.02. The van der Waals surface area contributed by atoms with Gasteiger partial charge in [0.15, 0.2) is 0 Å². The van der Waals surface area contributed by atoms with Crippen molar-refractivity contribution in [1.29, 1.82) is 0 Å². The summed E-state index contributed by atoms with van der Waals surface area (Å²) in [5.41, 5.74) is 5.30. The fraction of sp³-hybridized carbons (Fsp3) is 0.120. The van der Waals surface area contributed by atoms with Crippen molar-refractivity contribution >= 4 is 35.0 Å². The lowest BCUT2D eigenvalue weighted by atomic mass is 9.84. The number of hydrogen-bond donors (Lipinski definition) is 1. The van der Waals surface area contributed by atoms with Crippen LogP contribution in [0, 0.1) is 0 Å². The van der Waals surface area contributed by atoms with Crippen LogP contribution in [0.3, 0.4) is 0 Å². The molecule has 0 radical (unpaired) electrons. The van der Waals surface area contributed by atoms with Gasteiger partial charge in [0.25, 0.3) is 0 Å². The van der Waals surface area contributed by atoms with Crippen LogP contribution in [-0.4, -0.2) is 21.0 Å². The van der Waals surface area contributed by atoms with Crippen molar-refractivity contribution in [3.05, 3.63) is 106 Å². The zero-order valence-corrected chi connectivity index (χ0v) is 18.8. The summed E-state index contributed by atoms with van der Waals surface area (Å²) >= 11 is 7.93. The van der Waals surface area contributed by atoms with Crippen LogP contribution in [0.4, 0.5) is 5.95 Å². The van der Waals surface area contributed by atoms with Gasteiger partial charge < -0.3 is 10.1 Å². The molecule has 0 aliphatic carbocycles. The number of hydrogen-bond acceptors (Lipinski definition) is 5. The third-order valence-electron chi connectivity index (χ3n) is 5.93. The van der Waals surface area contributed by atoms with E-state index in [1.165, 1.54) is 4.90 Å². The largest absolute Gasteiger partial charge is 0.480 e. The highest BCUT2D eigenvalue weighted by atomic mass is 35.5. The number of nitrogens with one attached hydrogen (secondary N) is 1. The molecule has 0 bridgehead atoms. The molecule has 0 fully saturated rings. The maximum Gasteiger partial charge on any atom is 0.226 e. The van der Waals surface area contributed by atoms with Gasteiger partial charge in [-0.25, -0.2) is 4.68 Å². The number of benzene rings is 3. The van der Waals surface area contributed by atoms with Gasteiger partial charge in [-0.2, -0.15) is 10.1 Å². The Morgan fingerprint density at radius 1 is 0.969 bits per heavy atom. The monoisotopic (exact) mass is 458 g/mol. The van der Waals surface area contributed by atoms with E-state index < -0.39 is 0 Å². The molecule has 2 aliphatic heterocycles. The standard InChI is InChI=1S/C25H19ClN4OS/c1-32-18-12-8-16(9-13-18)24-21-22(19-4-2-3-5-20(19)31-24)29-25-27-14-28-30(25)23(21)15-6-10-17(26)11-7-15/h2-14,23-24H,1H3,(H,27,28,29)/t23-,24-/m1/s1. The molecule has 0 saturated heterocycles. The van der Waals surface area contributed by atoms with Gasteiger partial charge in [-0.1, -0.05) is 48.0 Å². The number of anilines is 1. The molecule has 3 aromatic carbocycles. The summed E-state index contributed by atoms with van der Waals surface area (Å²) in [5.74, 6) is 1.55. The number of ether oxygens (including phenoxy) is 1. The lowest BCUT2D eigenvalue weighted by Crippen LogP contribution is -2.32. The van der Waals surface area contributed by atoms with E-state index in [4.69, 9.17) is 16.3 Å². The van der Waals surface area contributed by atoms with Crippen molar-refractivity contribution in [3.63, 3.8) is 0 Å². The Kier molecular flexibility index (Phi) is 4.70. The molecule has 32 heavy (non-hydrogen) atoms. The number of nitrogens with zero attached hydrogens (tertiary/aromatic N) is 3. The van der Waals surface area contributed by atoms with Gasteiger partial charge in [0.1, 0.15) is 24.2 Å². The van der Waals surface area contributed by atoms with Crippen molar-refractivity contribution in [2.45, 2.75) is 17.0 Å². The van der Waals surface area contributed by atoms with E-state index in [1.54, 1.807) is 18.1 Å². The van der Waals surface area contributed by atoms with Crippen molar-refractivity contribution in [1.82, 2.24) is 14.8 Å². The van der Waals surface area contributed by atoms with E-state index in [9.17, 15) is 0 Å². The minimum Gasteiger partial charge on any atom is -0.480 e. The van der Waals surface area contributed by atoms with E-state index in [1.807, 2.05) is 47.1 Å². The summed E-state index contributed by atoms with van der Waals surface area (Å²) in [5, 5.41) is 8.78. The van der Waals surface area contributed by atoms with Crippen LogP contribution < -0.4 is 10.1 Å². The molecule has 7 heteroatoms.